The highest BCUT2D eigenvalue weighted by Crippen LogP contribution is 2.03. The van der Waals surface area contributed by atoms with Gasteiger partial charge < -0.3 is 11.1 Å². The lowest BCUT2D eigenvalue weighted by atomic mass is 10.2. The van der Waals surface area contributed by atoms with Gasteiger partial charge in [-0.3, -0.25) is 9.69 Å². The maximum absolute atomic E-state index is 12.2. The lowest BCUT2D eigenvalue weighted by molar-refractivity contribution is -0.126. The second-order valence-corrected chi connectivity index (χ2v) is 3.25. The molecule has 0 aromatic heterocycles. The smallest absolute Gasteiger partial charge is 0.251 e. The van der Waals surface area contributed by atoms with Crippen LogP contribution in [0.15, 0.2) is 0 Å². The first-order chi connectivity index (χ1) is 7.02. The van der Waals surface area contributed by atoms with E-state index in [9.17, 15) is 13.6 Å². The number of nitrogens with zero attached hydrogens (tertiary/aromatic N) is 1. The summed E-state index contributed by atoms with van der Waals surface area (Å²) in [5, 5.41) is 2.59. The number of halogens is 2. The Kier molecular flexibility index (Phi) is 7.15. The summed E-state index contributed by atoms with van der Waals surface area (Å²) in [5.74, 6) is -0.244. The van der Waals surface area contributed by atoms with Crippen LogP contribution in [0.3, 0.4) is 0 Å². The Hall–Kier alpha value is -0.750. The number of nitrogens with one attached hydrogen (secondary N) is 1. The van der Waals surface area contributed by atoms with Crippen LogP contribution in [0.2, 0.25) is 0 Å². The van der Waals surface area contributed by atoms with Gasteiger partial charge in [0.2, 0.25) is 5.91 Å². The number of likely N-dealkylation sites (N-methyl/N-ethyl adjacent to an activating group) is 1. The van der Waals surface area contributed by atoms with E-state index in [0.29, 0.717) is 13.1 Å². The molecule has 1 atom stereocenters. The predicted molar refractivity (Wildman–Crippen MR) is 54.8 cm³/mol. The number of amides is 1. The Morgan fingerprint density at radius 1 is 1.53 bits per heavy atom. The molecule has 3 N–H and O–H groups in total. The predicted octanol–water partition coefficient (Wildman–Crippen LogP) is 0.0368. The first-order valence-electron chi connectivity index (χ1n) is 5.02. The molecule has 0 spiro atoms. The van der Waals surface area contributed by atoms with Gasteiger partial charge in [0.05, 0.1) is 12.6 Å². The van der Waals surface area contributed by atoms with Gasteiger partial charge in [0.25, 0.3) is 6.43 Å². The van der Waals surface area contributed by atoms with Crippen LogP contribution in [0, 0.1) is 0 Å². The normalized spacial score (nSPS) is 13.3. The van der Waals surface area contributed by atoms with Crippen LogP contribution in [-0.2, 0) is 4.79 Å². The number of nitrogens with two attached hydrogens (primary N) is 1. The van der Waals surface area contributed by atoms with Crippen molar-refractivity contribution in [3.05, 3.63) is 0 Å². The van der Waals surface area contributed by atoms with Crippen LogP contribution >= 0.6 is 0 Å². The number of carbonyl (C=O) groups excluding carboxylic acids is 1. The monoisotopic (exact) mass is 223 g/mol. The summed E-state index contributed by atoms with van der Waals surface area (Å²) >= 11 is 0. The summed E-state index contributed by atoms with van der Waals surface area (Å²) < 4.78 is 24.4. The molecule has 1 unspecified atom stereocenters. The van der Waals surface area contributed by atoms with Crippen molar-refractivity contribution >= 4 is 5.91 Å². The van der Waals surface area contributed by atoms with Gasteiger partial charge in [0.15, 0.2) is 0 Å². The Balaban J connectivity index is 4.26. The first kappa shape index (κ1) is 14.2. The Bertz CT molecular complexity index is 190. The van der Waals surface area contributed by atoms with Crippen molar-refractivity contribution < 1.29 is 13.6 Å². The Morgan fingerprint density at radius 3 is 2.53 bits per heavy atom. The fourth-order valence-electron chi connectivity index (χ4n) is 1.27. The molecule has 0 aromatic carbocycles. The lowest BCUT2D eigenvalue weighted by Crippen LogP contribution is -2.48. The quantitative estimate of drug-likeness (QED) is 0.640. The summed E-state index contributed by atoms with van der Waals surface area (Å²) in [6.07, 6.45) is -2.45. The average molecular weight is 223 g/mol. The summed E-state index contributed by atoms with van der Waals surface area (Å²) in [4.78, 5) is 12.8. The highest BCUT2D eigenvalue weighted by molar-refractivity contribution is 5.81. The molecule has 1 amide bonds. The maximum atomic E-state index is 12.2. The molecule has 0 bridgehead atoms. The number of rotatable bonds is 7. The molecule has 0 saturated heterocycles. The topological polar surface area (TPSA) is 58.4 Å². The second-order valence-electron chi connectivity index (χ2n) is 3.25. The van der Waals surface area contributed by atoms with E-state index in [2.05, 4.69) is 5.32 Å². The zero-order chi connectivity index (χ0) is 11.8. The van der Waals surface area contributed by atoms with Gasteiger partial charge >= 0.3 is 0 Å². The molecule has 0 radical (unpaired) electrons. The Labute approximate surface area is 88.8 Å². The summed E-state index contributed by atoms with van der Waals surface area (Å²) in [5.41, 5.74) is 5.30. The van der Waals surface area contributed by atoms with E-state index in [1.807, 2.05) is 0 Å². The molecule has 0 aromatic rings. The van der Waals surface area contributed by atoms with E-state index in [1.165, 1.54) is 4.90 Å². The second kappa shape index (κ2) is 7.53. The third-order valence-corrected chi connectivity index (χ3v) is 2.07. The standard InChI is InChI=1S/C9H19F2N3O/c1-3-13-9(15)7(2)14(5-4-12)6-8(10)11/h7-8H,3-6,12H2,1-2H3,(H,13,15). The van der Waals surface area contributed by atoms with Crippen LogP contribution in [0.4, 0.5) is 8.78 Å². The average Bonchev–Trinajstić information content (AvgIpc) is 2.16. The van der Waals surface area contributed by atoms with E-state index in [4.69, 9.17) is 5.73 Å². The van der Waals surface area contributed by atoms with Crippen molar-refractivity contribution in [3.63, 3.8) is 0 Å². The molecule has 0 heterocycles. The number of hydrogen-bond acceptors (Lipinski definition) is 3. The van der Waals surface area contributed by atoms with E-state index in [1.54, 1.807) is 13.8 Å². The molecule has 15 heavy (non-hydrogen) atoms. The minimum atomic E-state index is -2.45. The highest BCUT2D eigenvalue weighted by Gasteiger charge is 2.22. The molecule has 0 fully saturated rings. The molecule has 0 rings (SSSR count). The zero-order valence-electron chi connectivity index (χ0n) is 9.17. The molecule has 0 aliphatic carbocycles. The molecule has 0 saturated carbocycles. The molecule has 4 nitrogen and oxygen atoms in total. The minimum Gasteiger partial charge on any atom is -0.355 e. The van der Waals surface area contributed by atoms with Crippen LogP contribution < -0.4 is 11.1 Å². The maximum Gasteiger partial charge on any atom is 0.251 e. The summed E-state index contributed by atoms with van der Waals surface area (Å²) in [6, 6.07) is -0.567. The molecule has 0 aliphatic rings. The van der Waals surface area contributed by atoms with E-state index < -0.39 is 19.0 Å². The fourth-order valence-corrected chi connectivity index (χ4v) is 1.27. The summed E-state index contributed by atoms with van der Waals surface area (Å²) in [6.45, 7) is 4.01. The van der Waals surface area contributed by atoms with Gasteiger partial charge in [-0.05, 0) is 13.8 Å². The van der Waals surface area contributed by atoms with Crippen molar-refractivity contribution in [1.82, 2.24) is 10.2 Å². The van der Waals surface area contributed by atoms with Crippen LogP contribution in [0.5, 0.6) is 0 Å². The molecule has 90 valence electrons. The summed E-state index contributed by atoms with van der Waals surface area (Å²) in [7, 11) is 0. The van der Waals surface area contributed by atoms with Crippen molar-refractivity contribution in [1.29, 1.82) is 0 Å². The highest BCUT2D eigenvalue weighted by atomic mass is 19.3. The van der Waals surface area contributed by atoms with Crippen LogP contribution in [-0.4, -0.2) is 49.5 Å². The largest absolute Gasteiger partial charge is 0.355 e. The first-order valence-corrected chi connectivity index (χ1v) is 5.02. The van der Waals surface area contributed by atoms with Crippen molar-refractivity contribution in [2.45, 2.75) is 26.3 Å². The lowest BCUT2D eigenvalue weighted by Gasteiger charge is -2.27. The number of hydrogen-bond donors (Lipinski definition) is 2. The Morgan fingerprint density at radius 2 is 2.13 bits per heavy atom. The molecular weight excluding hydrogens is 204 g/mol. The zero-order valence-corrected chi connectivity index (χ0v) is 9.17. The minimum absolute atomic E-state index is 0.244. The van der Waals surface area contributed by atoms with Gasteiger partial charge in [-0.15, -0.1) is 0 Å². The van der Waals surface area contributed by atoms with E-state index in [-0.39, 0.29) is 12.5 Å². The number of carbonyl (C=O) groups is 1. The van der Waals surface area contributed by atoms with Gasteiger partial charge in [0.1, 0.15) is 0 Å². The molecule has 0 aliphatic heterocycles. The SMILES string of the molecule is CCNC(=O)C(C)N(CCN)CC(F)F. The van der Waals surface area contributed by atoms with Crippen molar-refractivity contribution in [3.8, 4) is 0 Å². The molecule has 6 heteroatoms. The van der Waals surface area contributed by atoms with Gasteiger partial charge in [-0.2, -0.15) is 0 Å². The van der Waals surface area contributed by atoms with Crippen molar-refractivity contribution in [2.24, 2.45) is 5.73 Å². The fraction of sp³-hybridized carbons (Fsp3) is 0.889. The van der Waals surface area contributed by atoms with Gasteiger partial charge in [-0.1, -0.05) is 0 Å². The van der Waals surface area contributed by atoms with Gasteiger partial charge in [-0.25, -0.2) is 8.78 Å². The van der Waals surface area contributed by atoms with Crippen molar-refractivity contribution in [2.75, 3.05) is 26.2 Å². The molecular formula is C9H19F2N3O. The van der Waals surface area contributed by atoms with Crippen LogP contribution in [0.1, 0.15) is 13.8 Å². The number of alkyl halides is 2. The third-order valence-electron chi connectivity index (χ3n) is 2.07. The van der Waals surface area contributed by atoms with E-state index >= 15 is 0 Å². The van der Waals surface area contributed by atoms with Gasteiger partial charge in [0, 0.05) is 19.6 Å². The third kappa shape index (κ3) is 5.64. The van der Waals surface area contributed by atoms with Crippen LogP contribution in [0.25, 0.3) is 0 Å². The van der Waals surface area contributed by atoms with E-state index in [0.717, 1.165) is 0 Å².